The first-order chi connectivity index (χ1) is 13.4. The van der Waals surface area contributed by atoms with Gasteiger partial charge < -0.3 is 10.1 Å². The molecule has 2 aromatic rings. The summed E-state index contributed by atoms with van der Waals surface area (Å²) in [6, 6.07) is 15.7. The average Bonchev–Trinajstić information content (AvgIpc) is 3.13. The van der Waals surface area contributed by atoms with Crippen molar-refractivity contribution < 1.29 is 14.3 Å². The Morgan fingerprint density at radius 2 is 1.82 bits per heavy atom. The number of hydrogen-bond donors (Lipinski definition) is 1. The number of amides is 1. The van der Waals surface area contributed by atoms with Gasteiger partial charge >= 0.3 is 5.97 Å². The number of ether oxygens (including phenoxy) is 1. The van der Waals surface area contributed by atoms with Gasteiger partial charge in [0.25, 0.3) is 0 Å². The maximum absolute atomic E-state index is 12.4. The quantitative estimate of drug-likeness (QED) is 0.629. The van der Waals surface area contributed by atoms with Gasteiger partial charge in [-0.15, -0.1) is 0 Å². The van der Waals surface area contributed by atoms with E-state index < -0.39 is 5.41 Å². The third-order valence-corrected chi connectivity index (χ3v) is 5.95. The molecule has 1 aliphatic heterocycles. The predicted octanol–water partition coefficient (Wildman–Crippen LogP) is 4.23. The SMILES string of the molecule is C=C1CC2COC(=O)C2(Cc2ccc(NC(=O)Cc3ccc(C)cc3)cc2)C1. The molecule has 0 radical (unpaired) electrons. The van der Waals surface area contributed by atoms with Crippen molar-refractivity contribution in [3.8, 4) is 0 Å². The lowest BCUT2D eigenvalue weighted by atomic mass is 9.75. The second kappa shape index (κ2) is 7.27. The van der Waals surface area contributed by atoms with Crippen molar-refractivity contribution in [1.29, 1.82) is 0 Å². The number of aryl methyl sites for hydroxylation is 1. The van der Waals surface area contributed by atoms with Crippen molar-refractivity contribution in [2.45, 2.75) is 32.6 Å². The number of allylic oxidation sites excluding steroid dienone is 1. The first kappa shape index (κ1) is 18.5. The van der Waals surface area contributed by atoms with E-state index in [0.717, 1.165) is 28.8 Å². The molecule has 4 nitrogen and oxygen atoms in total. The van der Waals surface area contributed by atoms with Crippen molar-refractivity contribution in [2.75, 3.05) is 11.9 Å². The molecule has 144 valence electrons. The Kier molecular flexibility index (Phi) is 4.80. The number of fused-ring (bicyclic) bond motifs is 1. The monoisotopic (exact) mass is 375 g/mol. The Morgan fingerprint density at radius 3 is 2.54 bits per heavy atom. The molecule has 1 N–H and O–H groups in total. The number of nitrogens with one attached hydrogen (secondary N) is 1. The van der Waals surface area contributed by atoms with Crippen molar-refractivity contribution in [2.24, 2.45) is 11.3 Å². The van der Waals surface area contributed by atoms with Gasteiger partial charge in [-0.3, -0.25) is 9.59 Å². The van der Waals surface area contributed by atoms with Crippen LogP contribution >= 0.6 is 0 Å². The lowest BCUT2D eigenvalue weighted by molar-refractivity contribution is -0.146. The second-order valence-electron chi connectivity index (χ2n) is 8.17. The molecular formula is C24H25NO3. The van der Waals surface area contributed by atoms with Gasteiger partial charge in [0.2, 0.25) is 5.91 Å². The van der Waals surface area contributed by atoms with Crippen molar-refractivity contribution in [3.63, 3.8) is 0 Å². The van der Waals surface area contributed by atoms with Crippen LogP contribution < -0.4 is 5.32 Å². The van der Waals surface area contributed by atoms with E-state index in [4.69, 9.17) is 4.74 Å². The number of benzene rings is 2. The lowest BCUT2D eigenvalue weighted by Crippen LogP contribution is -2.31. The van der Waals surface area contributed by atoms with Gasteiger partial charge in [0.15, 0.2) is 0 Å². The van der Waals surface area contributed by atoms with Crippen LogP contribution in [0.1, 0.15) is 29.5 Å². The van der Waals surface area contributed by atoms with Crippen LogP contribution in [0, 0.1) is 18.3 Å². The highest BCUT2D eigenvalue weighted by Crippen LogP contribution is 2.52. The molecule has 2 unspecified atom stereocenters. The molecule has 2 aliphatic rings. The highest BCUT2D eigenvalue weighted by atomic mass is 16.5. The average molecular weight is 375 g/mol. The zero-order chi connectivity index (χ0) is 19.7. The largest absolute Gasteiger partial charge is 0.465 e. The van der Waals surface area contributed by atoms with E-state index in [0.29, 0.717) is 25.9 Å². The molecule has 0 aromatic heterocycles. The fourth-order valence-corrected chi connectivity index (χ4v) is 4.43. The summed E-state index contributed by atoms with van der Waals surface area (Å²) in [4.78, 5) is 24.7. The molecule has 0 bridgehead atoms. The van der Waals surface area contributed by atoms with Gasteiger partial charge in [0.1, 0.15) is 0 Å². The number of esters is 1. The number of anilines is 1. The smallest absolute Gasteiger partial charge is 0.313 e. The molecule has 2 fully saturated rings. The van der Waals surface area contributed by atoms with E-state index in [1.54, 1.807) is 0 Å². The van der Waals surface area contributed by atoms with Crippen molar-refractivity contribution in [1.82, 2.24) is 0 Å². The summed E-state index contributed by atoms with van der Waals surface area (Å²) in [7, 11) is 0. The number of carbonyl (C=O) groups is 2. The highest BCUT2D eigenvalue weighted by molar-refractivity contribution is 5.92. The minimum Gasteiger partial charge on any atom is -0.465 e. The number of rotatable bonds is 5. The molecule has 1 saturated carbocycles. The normalized spacial score (nSPS) is 23.4. The molecule has 2 atom stereocenters. The van der Waals surface area contributed by atoms with E-state index in [2.05, 4.69) is 11.9 Å². The Hall–Kier alpha value is -2.88. The second-order valence-corrected chi connectivity index (χ2v) is 8.17. The zero-order valence-electron chi connectivity index (χ0n) is 16.2. The van der Waals surface area contributed by atoms with E-state index >= 15 is 0 Å². The van der Waals surface area contributed by atoms with Gasteiger partial charge in [-0.05, 0) is 49.4 Å². The molecule has 4 rings (SSSR count). The molecular weight excluding hydrogens is 350 g/mol. The number of carbonyl (C=O) groups excluding carboxylic acids is 2. The first-order valence-corrected chi connectivity index (χ1v) is 9.73. The molecule has 28 heavy (non-hydrogen) atoms. The van der Waals surface area contributed by atoms with Crippen LogP contribution in [0.15, 0.2) is 60.7 Å². The van der Waals surface area contributed by atoms with Crippen LogP contribution in [0.4, 0.5) is 5.69 Å². The minimum absolute atomic E-state index is 0.0401. The lowest BCUT2D eigenvalue weighted by Gasteiger charge is -2.24. The Labute approximate surface area is 165 Å². The maximum Gasteiger partial charge on any atom is 0.313 e. The van der Waals surface area contributed by atoms with Crippen LogP contribution in [0.2, 0.25) is 0 Å². The Bertz CT molecular complexity index is 914. The summed E-state index contributed by atoms with van der Waals surface area (Å²) in [6.45, 7) is 6.62. The third-order valence-electron chi connectivity index (χ3n) is 5.95. The molecule has 1 aliphatic carbocycles. The van der Waals surface area contributed by atoms with Crippen molar-refractivity contribution >= 4 is 17.6 Å². The maximum atomic E-state index is 12.4. The van der Waals surface area contributed by atoms with Crippen LogP contribution in [-0.2, 0) is 27.2 Å². The Morgan fingerprint density at radius 1 is 1.14 bits per heavy atom. The summed E-state index contributed by atoms with van der Waals surface area (Å²) >= 11 is 0. The van der Waals surface area contributed by atoms with E-state index in [9.17, 15) is 9.59 Å². The predicted molar refractivity (Wildman–Crippen MR) is 109 cm³/mol. The first-order valence-electron chi connectivity index (χ1n) is 9.73. The Balaban J connectivity index is 1.40. The molecule has 0 spiro atoms. The van der Waals surface area contributed by atoms with Gasteiger partial charge in [-0.1, -0.05) is 54.1 Å². The standard InChI is InChI=1S/C24H25NO3/c1-16-3-5-18(6-4-16)12-22(26)25-21-9-7-19(8-10-21)14-24-13-17(2)11-20(24)15-28-23(24)27/h3-10,20H,2,11-15H2,1H3,(H,25,26). The summed E-state index contributed by atoms with van der Waals surface area (Å²) in [5, 5.41) is 2.94. The topological polar surface area (TPSA) is 55.4 Å². The minimum atomic E-state index is -0.451. The van der Waals surface area contributed by atoms with Crippen LogP contribution in [0.5, 0.6) is 0 Å². The van der Waals surface area contributed by atoms with Gasteiger partial charge in [-0.25, -0.2) is 0 Å². The molecule has 2 aromatic carbocycles. The van der Waals surface area contributed by atoms with Gasteiger partial charge in [-0.2, -0.15) is 0 Å². The molecule has 1 saturated heterocycles. The molecule has 1 heterocycles. The van der Waals surface area contributed by atoms with E-state index in [1.165, 1.54) is 5.56 Å². The number of hydrogen-bond acceptors (Lipinski definition) is 3. The van der Waals surface area contributed by atoms with E-state index in [1.807, 2.05) is 55.5 Å². The molecule has 1 amide bonds. The van der Waals surface area contributed by atoms with Gasteiger partial charge in [0, 0.05) is 11.6 Å². The highest BCUT2D eigenvalue weighted by Gasteiger charge is 2.55. The van der Waals surface area contributed by atoms with Gasteiger partial charge in [0.05, 0.1) is 18.4 Å². The summed E-state index contributed by atoms with van der Waals surface area (Å²) in [5.41, 5.74) is 4.70. The fraction of sp³-hybridized carbons (Fsp3) is 0.333. The molecule has 4 heteroatoms. The third kappa shape index (κ3) is 3.59. The fourth-order valence-electron chi connectivity index (χ4n) is 4.43. The summed E-state index contributed by atoms with van der Waals surface area (Å²) in [6.07, 6.45) is 2.60. The zero-order valence-corrected chi connectivity index (χ0v) is 16.2. The van der Waals surface area contributed by atoms with Crippen LogP contribution in [0.3, 0.4) is 0 Å². The van der Waals surface area contributed by atoms with E-state index in [-0.39, 0.29) is 17.8 Å². The number of cyclic esters (lactones) is 1. The summed E-state index contributed by atoms with van der Waals surface area (Å²) < 4.78 is 5.35. The summed E-state index contributed by atoms with van der Waals surface area (Å²) in [5.74, 6) is 0.106. The van der Waals surface area contributed by atoms with Crippen LogP contribution in [0.25, 0.3) is 0 Å². The van der Waals surface area contributed by atoms with Crippen LogP contribution in [-0.4, -0.2) is 18.5 Å². The van der Waals surface area contributed by atoms with Crippen molar-refractivity contribution in [3.05, 3.63) is 77.4 Å².